The summed E-state index contributed by atoms with van der Waals surface area (Å²) >= 11 is 0. The highest BCUT2D eigenvalue weighted by Crippen LogP contribution is 2.48. The van der Waals surface area contributed by atoms with E-state index in [2.05, 4.69) is 5.32 Å². The molecular weight excluding hydrogens is 409 g/mol. The summed E-state index contributed by atoms with van der Waals surface area (Å²) in [6, 6.07) is 21.3. The Morgan fingerprint density at radius 3 is 2.41 bits per heavy atom. The second-order valence-corrected chi connectivity index (χ2v) is 8.00. The number of rotatable bonds is 3. The fraction of sp³-hybridized carbons (Fsp3) is 0.200. The largest absolute Gasteiger partial charge is 0.394 e. The quantitative estimate of drug-likeness (QED) is 0.662. The molecule has 32 heavy (non-hydrogen) atoms. The number of fused-ring (bicyclic) bond motifs is 3. The zero-order valence-electron chi connectivity index (χ0n) is 17.2. The van der Waals surface area contributed by atoms with E-state index in [1.54, 1.807) is 23.1 Å². The number of benzene rings is 3. The van der Waals surface area contributed by atoms with E-state index in [0.717, 1.165) is 11.3 Å². The molecule has 2 heterocycles. The van der Waals surface area contributed by atoms with Crippen molar-refractivity contribution >= 4 is 23.3 Å². The van der Waals surface area contributed by atoms with Crippen LogP contribution in [0.15, 0.2) is 78.9 Å². The van der Waals surface area contributed by atoms with Crippen LogP contribution in [0.2, 0.25) is 0 Å². The highest BCUT2D eigenvalue weighted by Gasteiger charge is 2.55. The summed E-state index contributed by atoms with van der Waals surface area (Å²) < 4.78 is 14.3. The van der Waals surface area contributed by atoms with E-state index in [4.69, 9.17) is 0 Å². The summed E-state index contributed by atoms with van der Waals surface area (Å²) in [6.07, 6.45) is 0. The van der Waals surface area contributed by atoms with E-state index in [-0.39, 0.29) is 36.7 Å². The normalized spacial score (nSPS) is 21.2. The monoisotopic (exact) mass is 431 g/mol. The molecule has 1 saturated heterocycles. The molecule has 3 atom stereocenters. The number of carbonyl (C=O) groups is 2. The average Bonchev–Trinajstić information content (AvgIpc) is 2.80. The third-order valence-electron chi connectivity index (χ3n) is 6.30. The van der Waals surface area contributed by atoms with Crippen molar-refractivity contribution in [2.75, 3.05) is 23.4 Å². The molecule has 3 amide bonds. The van der Waals surface area contributed by atoms with Crippen LogP contribution in [0.1, 0.15) is 21.8 Å². The summed E-state index contributed by atoms with van der Waals surface area (Å²) in [5.41, 5.74) is 2.27. The Hall–Kier alpha value is -3.71. The summed E-state index contributed by atoms with van der Waals surface area (Å²) in [6.45, 7) is 0.00292. The van der Waals surface area contributed by atoms with Crippen molar-refractivity contribution in [2.24, 2.45) is 0 Å². The first kappa shape index (κ1) is 20.2. The topological polar surface area (TPSA) is 72.9 Å². The lowest BCUT2D eigenvalue weighted by atomic mass is 9.71. The number of para-hydroxylation sites is 2. The number of aliphatic hydroxyl groups is 1. The Morgan fingerprint density at radius 2 is 1.66 bits per heavy atom. The van der Waals surface area contributed by atoms with Crippen molar-refractivity contribution < 1.29 is 19.1 Å². The van der Waals surface area contributed by atoms with Gasteiger partial charge in [0.05, 0.1) is 24.3 Å². The molecule has 6 nitrogen and oxygen atoms in total. The highest BCUT2D eigenvalue weighted by molar-refractivity contribution is 6.03. The minimum Gasteiger partial charge on any atom is -0.394 e. The summed E-state index contributed by atoms with van der Waals surface area (Å²) in [5.74, 6) is -1.22. The van der Waals surface area contributed by atoms with Gasteiger partial charge in [-0.1, -0.05) is 48.5 Å². The van der Waals surface area contributed by atoms with Gasteiger partial charge in [0, 0.05) is 23.8 Å². The van der Waals surface area contributed by atoms with Crippen LogP contribution in [0.4, 0.5) is 20.6 Å². The summed E-state index contributed by atoms with van der Waals surface area (Å²) in [7, 11) is 0. The molecular formula is C25H22FN3O3. The Balaban J connectivity index is 1.49. The zero-order valence-corrected chi connectivity index (χ0v) is 17.2. The lowest BCUT2D eigenvalue weighted by Gasteiger charge is -2.58. The molecule has 2 aliphatic heterocycles. The molecule has 3 aromatic carbocycles. The Labute approximate surface area is 184 Å². The van der Waals surface area contributed by atoms with Gasteiger partial charge in [0.1, 0.15) is 5.82 Å². The van der Waals surface area contributed by atoms with Crippen LogP contribution < -0.4 is 10.2 Å². The Kier molecular flexibility index (Phi) is 5.11. The van der Waals surface area contributed by atoms with Crippen LogP contribution in [0.25, 0.3) is 0 Å². The molecule has 7 heteroatoms. The number of anilines is 2. The number of nitrogens with one attached hydrogen (secondary N) is 1. The van der Waals surface area contributed by atoms with Crippen LogP contribution in [-0.2, 0) is 0 Å². The Bertz CT molecular complexity index is 1170. The molecule has 5 rings (SSSR count). The van der Waals surface area contributed by atoms with Crippen LogP contribution in [0.3, 0.4) is 0 Å². The second-order valence-electron chi connectivity index (χ2n) is 8.00. The number of halogens is 1. The minimum absolute atomic E-state index is 0.0384. The number of carbonyl (C=O) groups excluding carboxylic acids is 2. The van der Waals surface area contributed by atoms with E-state index in [1.807, 2.05) is 42.5 Å². The van der Waals surface area contributed by atoms with Crippen molar-refractivity contribution in [1.29, 1.82) is 0 Å². The molecule has 0 radical (unpaired) electrons. The first-order chi connectivity index (χ1) is 15.6. The number of likely N-dealkylation sites (tertiary alicyclic amines) is 1. The second kappa shape index (κ2) is 8.09. The van der Waals surface area contributed by atoms with Gasteiger partial charge in [-0.15, -0.1) is 0 Å². The first-order valence-electron chi connectivity index (χ1n) is 10.5. The van der Waals surface area contributed by atoms with E-state index >= 15 is 0 Å². The lowest BCUT2D eigenvalue weighted by Crippen LogP contribution is -2.71. The van der Waals surface area contributed by atoms with Crippen LogP contribution in [0.5, 0.6) is 0 Å². The predicted octanol–water partition coefficient (Wildman–Crippen LogP) is 3.85. The number of hydrogen-bond acceptors (Lipinski definition) is 3. The van der Waals surface area contributed by atoms with Gasteiger partial charge in [-0.2, -0.15) is 0 Å². The van der Waals surface area contributed by atoms with E-state index in [1.165, 1.54) is 23.1 Å². The number of hydrogen-bond donors (Lipinski definition) is 2. The van der Waals surface area contributed by atoms with Crippen molar-refractivity contribution in [3.8, 4) is 0 Å². The van der Waals surface area contributed by atoms with E-state index in [0.29, 0.717) is 5.69 Å². The third-order valence-corrected chi connectivity index (χ3v) is 6.30. The van der Waals surface area contributed by atoms with Crippen LogP contribution >= 0.6 is 0 Å². The SMILES string of the molecule is O=C(Nc1ccccc1)N1C[C@H]2[C@@H](c3ccccc31)[C@@H](CO)N2C(=O)c1ccccc1F. The smallest absolute Gasteiger partial charge is 0.326 e. The fourth-order valence-electron chi connectivity index (χ4n) is 4.84. The molecule has 0 spiro atoms. The fourth-order valence-corrected chi connectivity index (χ4v) is 4.84. The van der Waals surface area contributed by atoms with E-state index in [9.17, 15) is 19.1 Å². The molecule has 0 aliphatic carbocycles. The zero-order chi connectivity index (χ0) is 22.2. The number of nitrogens with zero attached hydrogens (tertiary/aromatic N) is 2. The minimum atomic E-state index is -0.604. The van der Waals surface area contributed by atoms with Gasteiger partial charge in [0.15, 0.2) is 0 Å². The molecule has 0 unspecified atom stereocenters. The van der Waals surface area contributed by atoms with Crippen molar-refractivity contribution in [2.45, 2.75) is 18.0 Å². The maximum Gasteiger partial charge on any atom is 0.326 e. The maximum atomic E-state index is 14.3. The van der Waals surface area contributed by atoms with Crippen molar-refractivity contribution in [1.82, 2.24) is 4.90 Å². The van der Waals surface area contributed by atoms with Gasteiger partial charge < -0.3 is 15.3 Å². The molecule has 0 aromatic heterocycles. The first-order valence-corrected chi connectivity index (χ1v) is 10.5. The van der Waals surface area contributed by atoms with Gasteiger partial charge >= 0.3 is 6.03 Å². The van der Waals surface area contributed by atoms with E-state index < -0.39 is 17.8 Å². The standard InChI is InChI=1S/C25H22FN3O3/c26-19-12-6-4-10-17(19)24(31)29-21-14-28(25(32)27-16-8-2-1-3-9-16)20-13-7-5-11-18(20)23(21)22(29)15-30/h1-13,21-23,30H,14-15H2,(H,27,32)/t21-,22+,23+/m0/s1. The number of amides is 3. The molecule has 2 aliphatic rings. The van der Waals surface area contributed by atoms with Gasteiger partial charge in [-0.3, -0.25) is 9.69 Å². The molecule has 0 bridgehead atoms. The highest BCUT2D eigenvalue weighted by atomic mass is 19.1. The van der Waals surface area contributed by atoms with Crippen molar-refractivity contribution in [3.63, 3.8) is 0 Å². The average molecular weight is 431 g/mol. The maximum absolute atomic E-state index is 14.3. The molecule has 3 aromatic rings. The van der Waals surface area contributed by atoms with Gasteiger partial charge in [-0.25, -0.2) is 9.18 Å². The lowest BCUT2D eigenvalue weighted by molar-refractivity contribution is -0.0244. The number of aliphatic hydroxyl groups excluding tert-OH is 1. The van der Waals surface area contributed by atoms with Crippen LogP contribution in [-0.4, -0.2) is 47.2 Å². The predicted molar refractivity (Wildman–Crippen MR) is 119 cm³/mol. The summed E-state index contributed by atoms with van der Waals surface area (Å²) in [4.78, 5) is 29.5. The molecule has 162 valence electrons. The Morgan fingerprint density at radius 1 is 0.969 bits per heavy atom. The van der Waals surface area contributed by atoms with Gasteiger partial charge in [0.2, 0.25) is 0 Å². The molecule has 1 fully saturated rings. The van der Waals surface area contributed by atoms with Gasteiger partial charge in [-0.05, 0) is 35.9 Å². The molecule has 0 saturated carbocycles. The van der Waals surface area contributed by atoms with Crippen LogP contribution in [0, 0.1) is 5.82 Å². The third kappa shape index (κ3) is 3.22. The number of urea groups is 1. The molecule has 2 N–H and O–H groups in total. The van der Waals surface area contributed by atoms with Gasteiger partial charge in [0.25, 0.3) is 5.91 Å². The summed E-state index contributed by atoms with van der Waals surface area (Å²) in [5, 5.41) is 13.0. The van der Waals surface area contributed by atoms with Crippen molar-refractivity contribution in [3.05, 3.63) is 95.8 Å².